The van der Waals surface area contributed by atoms with Crippen molar-refractivity contribution in [2.24, 2.45) is 0 Å². The van der Waals surface area contributed by atoms with Gasteiger partial charge in [-0.1, -0.05) is 18.2 Å². The van der Waals surface area contributed by atoms with Crippen LogP contribution < -0.4 is 11.1 Å². The Kier molecular flexibility index (Phi) is 4.07. The lowest BCUT2D eigenvalue weighted by Crippen LogP contribution is -2.34. The van der Waals surface area contributed by atoms with Gasteiger partial charge in [0.15, 0.2) is 0 Å². The molecule has 2 aromatic rings. The molecule has 0 saturated carbocycles. The molecule has 2 unspecified atom stereocenters. The Balaban J connectivity index is 2.20. The van der Waals surface area contributed by atoms with E-state index >= 15 is 0 Å². The number of anilines is 1. The van der Waals surface area contributed by atoms with Gasteiger partial charge in [0, 0.05) is 16.1 Å². The summed E-state index contributed by atoms with van der Waals surface area (Å²) in [6, 6.07) is 7.61. The number of fused-ring (bicyclic) bond motifs is 1. The van der Waals surface area contributed by atoms with Gasteiger partial charge >= 0.3 is 0 Å². The first-order valence-electron chi connectivity index (χ1n) is 6.25. The molecular weight excluding hydrogens is 260 g/mol. The van der Waals surface area contributed by atoms with Crippen molar-refractivity contribution >= 4 is 33.0 Å². The molecule has 0 spiro atoms. The van der Waals surface area contributed by atoms with Crippen molar-refractivity contribution < 1.29 is 9.90 Å². The van der Waals surface area contributed by atoms with Crippen LogP contribution in [0.1, 0.15) is 29.9 Å². The van der Waals surface area contributed by atoms with Gasteiger partial charge in [-0.3, -0.25) is 4.79 Å². The molecule has 4 N–H and O–H groups in total. The van der Waals surface area contributed by atoms with E-state index in [0.717, 1.165) is 10.1 Å². The Morgan fingerprint density at radius 2 is 2.11 bits per heavy atom. The summed E-state index contributed by atoms with van der Waals surface area (Å²) in [6.45, 7) is 3.57. The van der Waals surface area contributed by atoms with Gasteiger partial charge < -0.3 is 16.2 Å². The molecule has 0 aliphatic carbocycles. The first-order valence-corrected chi connectivity index (χ1v) is 7.06. The van der Waals surface area contributed by atoms with Crippen molar-refractivity contribution in [2.45, 2.75) is 32.4 Å². The van der Waals surface area contributed by atoms with Crippen LogP contribution in [0.3, 0.4) is 0 Å². The van der Waals surface area contributed by atoms with Crippen LogP contribution in [-0.2, 0) is 0 Å². The summed E-state index contributed by atoms with van der Waals surface area (Å²) in [5.41, 5.74) is 6.55. The molecule has 2 rings (SSSR count). The minimum Gasteiger partial charge on any atom is -0.397 e. The summed E-state index contributed by atoms with van der Waals surface area (Å²) >= 11 is 1.39. The SMILES string of the molecule is CC(O)CC(C)NC(=O)c1sc2ccccc2c1N. The maximum atomic E-state index is 12.2. The van der Waals surface area contributed by atoms with Crippen LogP contribution in [0.15, 0.2) is 24.3 Å². The minimum atomic E-state index is -0.435. The van der Waals surface area contributed by atoms with Crippen LogP contribution in [0, 0.1) is 0 Å². The molecule has 0 radical (unpaired) electrons. The molecule has 0 bridgehead atoms. The van der Waals surface area contributed by atoms with Crippen LogP contribution in [-0.4, -0.2) is 23.2 Å². The highest BCUT2D eigenvalue weighted by Crippen LogP contribution is 2.33. The van der Waals surface area contributed by atoms with Crippen molar-refractivity contribution in [3.05, 3.63) is 29.1 Å². The molecule has 0 fully saturated rings. The van der Waals surface area contributed by atoms with E-state index in [1.54, 1.807) is 6.92 Å². The molecule has 1 aromatic heterocycles. The van der Waals surface area contributed by atoms with E-state index in [1.807, 2.05) is 31.2 Å². The van der Waals surface area contributed by atoms with E-state index in [1.165, 1.54) is 11.3 Å². The minimum absolute atomic E-state index is 0.0860. The molecule has 0 saturated heterocycles. The average molecular weight is 278 g/mol. The number of carbonyl (C=O) groups is 1. The third-order valence-electron chi connectivity index (χ3n) is 2.91. The van der Waals surface area contributed by atoms with Crippen LogP contribution >= 0.6 is 11.3 Å². The third-order valence-corrected chi connectivity index (χ3v) is 4.10. The average Bonchev–Trinajstić information content (AvgIpc) is 2.66. The van der Waals surface area contributed by atoms with Crippen molar-refractivity contribution in [2.75, 3.05) is 5.73 Å². The Bertz CT molecular complexity index is 592. The maximum absolute atomic E-state index is 12.2. The summed E-state index contributed by atoms with van der Waals surface area (Å²) < 4.78 is 1.01. The fraction of sp³-hybridized carbons (Fsp3) is 0.357. The molecular formula is C14H18N2O2S. The van der Waals surface area contributed by atoms with Crippen LogP contribution in [0.5, 0.6) is 0 Å². The zero-order chi connectivity index (χ0) is 14.0. The second kappa shape index (κ2) is 5.59. The molecule has 0 aliphatic rings. The number of hydrogen-bond acceptors (Lipinski definition) is 4. The van der Waals surface area contributed by atoms with E-state index < -0.39 is 6.10 Å². The van der Waals surface area contributed by atoms with Gasteiger partial charge in [0.1, 0.15) is 4.88 Å². The summed E-state index contributed by atoms with van der Waals surface area (Å²) in [7, 11) is 0. The number of rotatable bonds is 4. The lowest BCUT2D eigenvalue weighted by Gasteiger charge is -2.14. The fourth-order valence-corrected chi connectivity index (χ4v) is 3.12. The van der Waals surface area contributed by atoms with Gasteiger partial charge in [-0.05, 0) is 26.3 Å². The lowest BCUT2D eigenvalue weighted by molar-refractivity contribution is 0.0928. The fourth-order valence-electron chi connectivity index (χ4n) is 2.09. The van der Waals surface area contributed by atoms with Crippen molar-refractivity contribution in [1.29, 1.82) is 0 Å². The van der Waals surface area contributed by atoms with Gasteiger partial charge in [-0.15, -0.1) is 11.3 Å². The number of nitrogens with one attached hydrogen (secondary N) is 1. The Morgan fingerprint density at radius 3 is 2.74 bits per heavy atom. The molecule has 2 atom stereocenters. The second-order valence-electron chi connectivity index (χ2n) is 4.80. The Morgan fingerprint density at radius 1 is 1.42 bits per heavy atom. The van der Waals surface area contributed by atoms with E-state index in [4.69, 9.17) is 5.73 Å². The highest BCUT2D eigenvalue weighted by molar-refractivity contribution is 7.21. The molecule has 4 nitrogen and oxygen atoms in total. The normalized spacial score (nSPS) is 14.3. The standard InChI is InChI=1S/C14H18N2O2S/c1-8(7-9(2)17)16-14(18)13-12(15)10-5-3-4-6-11(10)19-13/h3-6,8-9,17H,7,15H2,1-2H3,(H,16,18). The molecule has 0 aliphatic heterocycles. The van der Waals surface area contributed by atoms with E-state index in [2.05, 4.69) is 5.32 Å². The van der Waals surface area contributed by atoms with Crippen LogP contribution in [0.2, 0.25) is 0 Å². The number of thiophene rings is 1. The van der Waals surface area contributed by atoms with Crippen LogP contribution in [0.4, 0.5) is 5.69 Å². The van der Waals surface area contributed by atoms with Gasteiger partial charge in [0.25, 0.3) is 5.91 Å². The van der Waals surface area contributed by atoms with E-state index in [-0.39, 0.29) is 11.9 Å². The van der Waals surface area contributed by atoms with Gasteiger partial charge in [-0.2, -0.15) is 0 Å². The zero-order valence-electron chi connectivity index (χ0n) is 11.0. The largest absolute Gasteiger partial charge is 0.397 e. The quantitative estimate of drug-likeness (QED) is 0.803. The number of aliphatic hydroxyl groups is 1. The number of nitrogens with two attached hydrogens (primary N) is 1. The van der Waals surface area contributed by atoms with Crippen LogP contribution in [0.25, 0.3) is 10.1 Å². The number of amides is 1. The monoisotopic (exact) mass is 278 g/mol. The van der Waals surface area contributed by atoms with Gasteiger partial charge in [0.05, 0.1) is 11.8 Å². The summed E-state index contributed by atoms with van der Waals surface area (Å²) in [6.07, 6.45) is 0.0892. The first-order chi connectivity index (χ1) is 8.99. The smallest absolute Gasteiger partial charge is 0.263 e. The molecule has 19 heavy (non-hydrogen) atoms. The molecule has 1 amide bonds. The van der Waals surface area contributed by atoms with E-state index in [0.29, 0.717) is 17.0 Å². The topological polar surface area (TPSA) is 75.3 Å². The number of nitrogen functional groups attached to an aromatic ring is 1. The van der Waals surface area contributed by atoms with Crippen molar-refractivity contribution in [3.8, 4) is 0 Å². The van der Waals surface area contributed by atoms with E-state index in [9.17, 15) is 9.90 Å². The Hall–Kier alpha value is -1.59. The maximum Gasteiger partial charge on any atom is 0.263 e. The highest BCUT2D eigenvalue weighted by atomic mass is 32.1. The molecule has 102 valence electrons. The highest BCUT2D eigenvalue weighted by Gasteiger charge is 2.18. The number of hydrogen-bond donors (Lipinski definition) is 3. The lowest BCUT2D eigenvalue weighted by atomic mass is 10.1. The second-order valence-corrected chi connectivity index (χ2v) is 5.85. The number of carbonyl (C=O) groups excluding carboxylic acids is 1. The Labute approximate surface area is 116 Å². The molecule has 5 heteroatoms. The number of benzene rings is 1. The first kappa shape index (κ1) is 13.8. The molecule has 1 heterocycles. The predicted octanol–water partition coefficient (Wildman–Crippen LogP) is 2.37. The molecule has 1 aromatic carbocycles. The van der Waals surface area contributed by atoms with Crippen molar-refractivity contribution in [1.82, 2.24) is 5.32 Å². The summed E-state index contributed by atoms with van der Waals surface area (Å²) in [4.78, 5) is 12.7. The van der Waals surface area contributed by atoms with Gasteiger partial charge in [-0.25, -0.2) is 0 Å². The number of aliphatic hydroxyl groups excluding tert-OH is 1. The summed E-state index contributed by atoms with van der Waals surface area (Å²) in [5, 5.41) is 13.1. The zero-order valence-corrected chi connectivity index (χ0v) is 11.8. The van der Waals surface area contributed by atoms with Gasteiger partial charge in [0.2, 0.25) is 0 Å². The summed E-state index contributed by atoms with van der Waals surface area (Å²) in [5.74, 6) is -0.174. The predicted molar refractivity (Wildman–Crippen MR) is 79.5 cm³/mol. The third kappa shape index (κ3) is 3.05. The van der Waals surface area contributed by atoms with Crippen molar-refractivity contribution in [3.63, 3.8) is 0 Å².